The van der Waals surface area contributed by atoms with Crippen LogP contribution in [0.4, 0.5) is 0 Å². The summed E-state index contributed by atoms with van der Waals surface area (Å²) < 4.78 is 0.579. The van der Waals surface area contributed by atoms with E-state index < -0.39 is 0 Å². The van der Waals surface area contributed by atoms with Gasteiger partial charge in [-0.05, 0) is 13.8 Å². The molecule has 1 nitrogen and oxygen atoms in total. The number of nitrogens with zero attached hydrogens (tertiary/aromatic N) is 1. The molecule has 0 unspecified atom stereocenters. The number of rotatable bonds is 2. The maximum Gasteiger partial charge on any atom is 2.00 e. The van der Waals surface area contributed by atoms with Crippen molar-refractivity contribution in [1.82, 2.24) is 4.90 Å². The SMILES string of the molecule is CCN(CC)C(=S)[S-].[Zn+2]. The average molecular weight is 214 g/mol. The molecule has 0 rings (SSSR count). The predicted molar refractivity (Wildman–Crippen MR) is 42.9 cm³/mol. The van der Waals surface area contributed by atoms with Crippen molar-refractivity contribution in [1.29, 1.82) is 0 Å². The molecule has 0 bridgehead atoms. The van der Waals surface area contributed by atoms with E-state index in [0.717, 1.165) is 13.1 Å². The van der Waals surface area contributed by atoms with Crippen LogP contribution in [0.1, 0.15) is 13.8 Å². The molecule has 9 heavy (non-hydrogen) atoms. The van der Waals surface area contributed by atoms with E-state index in [0.29, 0.717) is 4.32 Å². The molecule has 0 spiro atoms. The molecule has 0 aliphatic carbocycles. The molecule has 0 N–H and O–H groups in total. The Hall–Kier alpha value is 0.733. The van der Waals surface area contributed by atoms with Crippen LogP contribution >= 0.6 is 12.2 Å². The van der Waals surface area contributed by atoms with Gasteiger partial charge in [0.1, 0.15) is 0 Å². The third-order valence-corrected chi connectivity index (χ3v) is 1.54. The van der Waals surface area contributed by atoms with Crippen LogP contribution in [0.5, 0.6) is 0 Å². The van der Waals surface area contributed by atoms with E-state index in [1.807, 2.05) is 18.7 Å². The van der Waals surface area contributed by atoms with Crippen molar-refractivity contribution in [3.05, 3.63) is 0 Å². The van der Waals surface area contributed by atoms with Gasteiger partial charge in [0.05, 0.1) is 0 Å². The minimum atomic E-state index is 0. The third-order valence-electron chi connectivity index (χ3n) is 1.02. The van der Waals surface area contributed by atoms with Gasteiger partial charge in [0.25, 0.3) is 0 Å². The molecule has 0 aromatic heterocycles. The van der Waals surface area contributed by atoms with E-state index in [-0.39, 0.29) is 19.5 Å². The Morgan fingerprint density at radius 3 is 1.78 bits per heavy atom. The molecule has 0 radical (unpaired) electrons. The molecule has 0 amide bonds. The molecular weight excluding hydrogens is 204 g/mol. The van der Waals surface area contributed by atoms with Crippen LogP contribution in [0.2, 0.25) is 0 Å². The van der Waals surface area contributed by atoms with Gasteiger partial charge >= 0.3 is 19.5 Å². The molecule has 0 aromatic rings. The molecule has 0 aliphatic rings. The fourth-order valence-corrected chi connectivity index (χ4v) is 0.998. The third kappa shape index (κ3) is 5.19. The minimum Gasteiger partial charge on any atom is -0.411 e. The molecule has 0 fully saturated rings. The van der Waals surface area contributed by atoms with Crippen molar-refractivity contribution >= 4 is 29.2 Å². The van der Waals surface area contributed by atoms with Crippen LogP contribution in [0.25, 0.3) is 0 Å². The van der Waals surface area contributed by atoms with Gasteiger partial charge in [0.15, 0.2) is 0 Å². The Morgan fingerprint density at radius 1 is 1.44 bits per heavy atom. The second-order valence-electron chi connectivity index (χ2n) is 1.44. The van der Waals surface area contributed by atoms with Crippen molar-refractivity contribution < 1.29 is 19.5 Å². The second-order valence-corrected chi connectivity index (χ2v) is 2.47. The molecule has 0 aliphatic heterocycles. The monoisotopic (exact) mass is 212 g/mol. The largest absolute Gasteiger partial charge is 2.00 e. The van der Waals surface area contributed by atoms with Crippen molar-refractivity contribution in [3.8, 4) is 0 Å². The van der Waals surface area contributed by atoms with Gasteiger partial charge in [-0.2, -0.15) is 0 Å². The van der Waals surface area contributed by atoms with Crippen LogP contribution in [-0.4, -0.2) is 22.3 Å². The van der Waals surface area contributed by atoms with Gasteiger partial charge in [-0.3, -0.25) is 0 Å². The van der Waals surface area contributed by atoms with Gasteiger partial charge in [0.2, 0.25) is 0 Å². The van der Waals surface area contributed by atoms with Crippen molar-refractivity contribution in [2.75, 3.05) is 13.1 Å². The average Bonchev–Trinajstić information content (AvgIpc) is 1.69. The van der Waals surface area contributed by atoms with Gasteiger partial charge in [-0.15, -0.1) is 0 Å². The summed E-state index contributed by atoms with van der Waals surface area (Å²) in [6.45, 7) is 5.95. The second kappa shape index (κ2) is 6.85. The van der Waals surface area contributed by atoms with Crippen molar-refractivity contribution in [2.45, 2.75) is 13.8 Å². The normalized spacial score (nSPS) is 7.78. The molecule has 0 aromatic carbocycles. The van der Waals surface area contributed by atoms with E-state index in [2.05, 4.69) is 0 Å². The predicted octanol–water partition coefficient (Wildman–Crippen LogP) is 1.16. The molecule has 0 saturated heterocycles. The Kier molecular flexibility index (Phi) is 9.45. The molecule has 4 heteroatoms. The summed E-state index contributed by atoms with van der Waals surface area (Å²) in [6.07, 6.45) is 0. The maximum atomic E-state index is 4.76. The fraction of sp³-hybridized carbons (Fsp3) is 0.800. The topological polar surface area (TPSA) is 3.24 Å². The van der Waals surface area contributed by atoms with E-state index >= 15 is 0 Å². The van der Waals surface area contributed by atoms with E-state index in [4.69, 9.17) is 24.8 Å². The number of hydrogen-bond acceptors (Lipinski definition) is 2. The smallest absolute Gasteiger partial charge is 0.411 e. The van der Waals surface area contributed by atoms with Crippen molar-refractivity contribution in [2.24, 2.45) is 0 Å². The van der Waals surface area contributed by atoms with Crippen LogP contribution in [0.15, 0.2) is 0 Å². The van der Waals surface area contributed by atoms with Crippen LogP contribution < -0.4 is 0 Å². The Morgan fingerprint density at radius 2 is 1.78 bits per heavy atom. The molecular formula is C5H10NS2Zn+. The van der Waals surface area contributed by atoms with Crippen molar-refractivity contribution in [3.63, 3.8) is 0 Å². The summed E-state index contributed by atoms with van der Waals surface area (Å²) in [4.78, 5) is 1.96. The van der Waals surface area contributed by atoms with Crippen LogP contribution in [0, 0.1) is 0 Å². The van der Waals surface area contributed by atoms with Gasteiger partial charge < -0.3 is 29.7 Å². The molecule has 0 heterocycles. The zero-order valence-electron chi connectivity index (χ0n) is 5.89. The van der Waals surface area contributed by atoms with Crippen LogP contribution in [-0.2, 0) is 32.1 Å². The van der Waals surface area contributed by atoms with Gasteiger partial charge in [0, 0.05) is 13.1 Å². The molecule has 0 atom stereocenters. The first-order valence-corrected chi connectivity index (χ1v) is 3.50. The van der Waals surface area contributed by atoms with E-state index in [9.17, 15) is 0 Å². The summed E-state index contributed by atoms with van der Waals surface area (Å²) in [6, 6.07) is 0. The summed E-state index contributed by atoms with van der Waals surface area (Å²) in [5.41, 5.74) is 0. The number of thiocarbonyl (C=S) groups is 1. The van der Waals surface area contributed by atoms with E-state index in [1.54, 1.807) is 0 Å². The maximum absolute atomic E-state index is 4.76. The Balaban J connectivity index is 0. The fourth-order valence-electron chi connectivity index (χ4n) is 0.482. The van der Waals surface area contributed by atoms with Crippen LogP contribution in [0.3, 0.4) is 0 Å². The first-order valence-electron chi connectivity index (χ1n) is 2.68. The number of hydrogen-bond donors (Lipinski definition) is 0. The summed E-state index contributed by atoms with van der Waals surface area (Å²) >= 11 is 9.51. The summed E-state index contributed by atoms with van der Waals surface area (Å²) in [7, 11) is 0. The Labute approximate surface area is 80.4 Å². The zero-order chi connectivity index (χ0) is 6.57. The Bertz CT molecular complexity index is 83.0. The first kappa shape index (κ1) is 12.4. The zero-order valence-corrected chi connectivity index (χ0v) is 10.5. The molecule has 48 valence electrons. The van der Waals surface area contributed by atoms with Gasteiger partial charge in [-0.1, -0.05) is 4.32 Å². The van der Waals surface area contributed by atoms with E-state index in [1.165, 1.54) is 0 Å². The first-order chi connectivity index (χ1) is 3.72. The quantitative estimate of drug-likeness (QED) is 0.385. The van der Waals surface area contributed by atoms with Gasteiger partial charge in [-0.25, -0.2) is 0 Å². The minimum absolute atomic E-state index is 0. The standard InChI is InChI=1S/C5H11NS2.Zn/c1-3-6(4-2)5(7)8;/h3-4H2,1-2H3,(H,7,8);/q;+2/p-1. The summed E-state index contributed by atoms with van der Waals surface area (Å²) in [5, 5.41) is 0. The molecule has 0 saturated carbocycles. The summed E-state index contributed by atoms with van der Waals surface area (Å²) in [5.74, 6) is 0.